The molecule has 0 rings (SSSR count). The summed E-state index contributed by atoms with van der Waals surface area (Å²) in [6.45, 7) is 14.6. The predicted octanol–water partition coefficient (Wildman–Crippen LogP) is 3.57. The second-order valence-corrected chi connectivity index (χ2v) is 5.56. The third-order valence-electron chi connectivity index (χ3n) is 1.98. The molecule has 0 aliphatic heterocycles. The first-order valence-corrected chi connectivity index (χ1v) is 5.53. The third kappa shape index (κ3) is 8.22. The van der Waals surface area contributed by atoms with Crippen LogP contribution in [0.2, 0.25) is 0 Å². The number of esters is 1. The Balaban J connectivity index is 3.92. The lowest BCUT2D eigenvalue weighted by Crippen LogP contribution is -2.22. The maximum atomic E-state index is 11.3. The van der Waals surface area contributed by atoms with E-state index in [1.165, 1.54) is 0 Å². The van der Waals surface area contributed by atoms with Gasteiger partial charge in [-0.15, -0.1) is 6.58 Å². The molecule has 0 bridgehead atoms. The van der Waals surface area contributed by atoms with Gasteiger partial charge in [0.05, 0.1) is 6.61 Å². The van der Waals surface area contributed by atoms with Crippen LogP contribution in [0.3, 0.4) is 0 Å². The fourth-order valence-corrected chi connectivity index (χ4v) is 1.54. The normalized spacial score (nSPS) is 11.6. The molecular formula is C13H24O2. The van der Waals surface area contributed by atoms with Gasteiger partial charge in [-0.1, -0.05) is 33.3 Å². The van der Waals surface area contributed by atoms with Crippen LogP contribution < -0.4 is 0 Å². The summed E-state index contributed by atoms with van der Waals surface area (Å²) in [4.78, 5) is 11.3. The smallest absolute Gasteiger partial charge is 0.306 e. The van der Waals surface area contributed by atoms with E-state index in [0.29, 0.717) is 18.9 Å². The first-order valence-electron chi connectivity index (χ1n) is 5.53. The maximum Gasteiger partial charge on any atom is 0.306 e. The Hall–Kier alpha value is -0.790. The van der Waals surface area contributed by atoms with Crippen molar-refractivity contribution in [3.63, 3.8) is 0 Å². The van der Waals surface area contributed by atoms with E-state index in [-0.39, 0.29) is 11.4 Å². The lowest BCUT2D eigenvalue weighted by atomic mass is 9.87. The standard InChI is InChI=1S/C13H24O2/c1-10(2)7-12(14)15-9-13(5,6)8-11(3)4/h10H,3,7-9H2,1-2,4-6H3. The van der Waals surface area contributed by atoms with Crippen LogP contribution in [0.15, 0.2) is 12.2 Å². The van der Waals surface area contributed by atoms with Gasteiger partial charge in [0.2, 0.25) is 0 Å². The summed E-state index contributed by atoms with van der Waals surface area (Å²) < 4.78 is 5.24. The number of carbonyl (C=O) groups is 1. The largest absolute Gasteiger partial charge is 0.465 e. The zero-order valence-electron chi connectivity index (χ0n) is 10.7. The molecule has 0 aliphatic rings. The van der Waals surface area contributed by atoms with E-state index in [1.54, 1.807) is 0 Å². The highest BCUT2D eigenvalue weighted by molar-refractivity contribution is 5.69. The number of hydrogen-bond donors (Lipinski definition) is 0. The SMILES string of the molecule is C=C(C)CC(C)(C)COC(=O)CC(C)C. The van der Waals surface area contributed by atoms with Gasteiger partial charge in [0.1, 0.15) is 0 Å². The monoisotopic (exact) mass is 212 g/mol. The van der Waals surface area contributed by atoms with Gasteiger partial charge >= 0.3 is 5.97 Å². The van der Waals surface area contributed by atoms with Crippen molar-refractivity contribution in [2.75, 3.05) is 6.61 Å². The molecule has 0 amide bonds. The van der Waals surface area contributed by atoms with Crippen molar-refractivity contribution in [3.8, 4) is 0 Å². The zero-order chi connectivity index (χ0) is 12.1. The van der Waals surface area contributed by atoms with Crippen LogP contribution in [0.25, 0.3) is 0 Å². The van der Waals surface area contributed by atoms with Crippen molar-refractivity contribution in [2.24, 2.45) is 11.3 Å². The van der Waals surface area contributed by atoms with Crippen molar-refractivity contribution in [2.45, 2.75) is 47.5 Å². The Kier molecular flexibility index (Phi) is 5.63. The molecule has 15 heavy (non-hydrogen) atoms. The van der Waals surface area contributed by atoms with Crippen molar-refractivity contribution in [3.05, 3.63) is 12.2 Å². The minimum Gasteiger partial charge on any atom is -0.465 e. The van der Waals surface area contributed by atoms with Crippen molar-refractivity contribution in [1.82, 2.24) is 0 Å². The Morgan fingerprint density at radius 1 is 1.40 bits per heavy atom. The fraction of sp³-hybridized carbons (Fsp3) is 0.769. The number of rotatable bonds is 6. The highest BCUT2D eigenvalue weighted by Crippen LogP contribution is 2.24. The van der Waals surface area contributed by atoms with Gasteiger partial charge < -0.3 is 4.74 Å². The molecule has 0 atom stereocenters. The van der Waals surface area contributed by atoms with Crippen molar-refractivity contribution < 1.29 is 9.53 Å². The average molecular weight is 212 g/mol. The lowest BCUT2D eigenvalue weighted by Gasteiger charge is -2.24. The summed E-state index contributed by atoms with van der Waals surface area (Å²) in [7, 11) is 0. The van der Waals surface area contributed by atoms with Crippen LogP contribution in [0.5, 0.6) is 0 Å². The molecule has 0 aromatic heterocycles. The summed E-state index contributed by atoms with van der Waals surface area (Å²) in [5.41, 5.74) is 1.12. The molecule has 2 heteroatoms. The number of ether oxygens (including phenoxy) is 1. The Morgan fingerprint density at radius 3 is 2.33 bits per heavy atom. The van der Waals surface area contributed by atoms with Crippen LogP contribution in [-0.4, -0.2) is 12.6 Å². The summed E-state index contributed by atoms with van der Waals surface area (Å²) in [5, 5.41) is 0. The average Bonchev–Trinajstić information content (AvgIpc) is 1.97. The first-order chi connectivity index (χ1) is 6.73. The Bertz CT molecular complexity index is 227. The molecule has 0 saturated carbocycles. The van der Waals surface area contributed by atoms with Crippen LogP contribution in [0.4, 0.5) is 0 Å². The van der Waals surface area contributed by atoms with Crippen LogP contribution in [0.1, 0.15) is 47.5 Å². The number of allylic oxidation sites excluding steroid dienone is 1. The molecule has 0 unspecified atom stereocenters. The van der Waals surface area contributed by atoms with Gasteiger partial charge in [-0.05, 0) is 19.3 Å². The van der Waals surface area contributed by atoms with Crippen molar-refractivity contribution in [1.29, 1.82) is 0 Å². The quantitative estimate of drug-likeness (QED) is 0.497. The second-order valence-electron chi connectivity index (χ2n) is 5.56. The van der Waals surface area contributed by atoms with Gasteiger partial charge in [0.25, 0.3) is 0 Å². The molecule has 0 spiro atoms. The van der Waals surface area contributed by atoms with Gasteiger partial charge in [-0.2, -0.15) is 0 Å². The topological polar surface area (TPSA) is 26.3 Å². The Morgan fingerprint density at radius 2 is 1.93 bits per heavy atom. The summed E-state index contributed by atoms with van der Waals surface area (Å²) in [6.07, 6.45) is 1.39. The van der Waals surface area contributed by atoms with Gasteiger partial charge in [-0.3, -0.25) is 4.79 Å². The third-order valence-corrected chi connectivity index (χ3v) is 1.98. The van der Waals surface area contributed by atoms with Gasteiger partial charge in [0, 0.05) is 11.8 Å². The minimum atomic E-state index is -0.0974. The predicted molar refractivity (Wildman–Crippen MR) is 63.6 cm³/mol. The molecular weight excluding hydrogens is 188 g/mol. The molecule has 0 saturated heterocycles. The van der Waals surface area contributed by atoms with Crippen LogP contribution in [0, 0.1) is 11.3 Å². The van der Waals surface area contributed by atoms with E-state index in [9.17, 15) is 4.79 Å². The maximum absolute atomic E-state index is 11.3. The number of hydrogen-bond acceptors (Lipinski definition) is 2. The van der Waals surface area contributed by atoms with Gasteiger partial charge in [0.15, 0.2) is 0 Å². The summed E-state index contributed by atoms with van der Waals surface area (Å²) in [5.74, 6) is 0.265. The molecule has 0 radical (unpaired) electrons. The lowest BCUT2D eigenvalue weighted by molar-refractivity contribution is -0.147. The Labute approximate surface area is 93.7 Å². The molecule has 0 N–H and O–H groups in total. The molecule has 0 aliphatic carbocycles. The highest BCUT2D eigenvalue weighted by Gasteiger charge is 2.20. The van der Waals surface area contributed by atoms with E-state index in [2.05, 4.69) is 20.4 Å². The van der Waals surface area contributed by atoms with Crippen LogP contribution in [-0.2, 0) is 9.53 Å². The van der Waals surface area contributed by atoms with E-state index < -0.39 is 0 Å². The molecule has 88 valence electrons. The summed E-state index contributed by atoms with van der Waals surface area (Å²) in [6, 6.07) is 0. The zero-order valence-corrected chi connectivity index (χ0v) is 10.7. The molecule has 0 aromatic rings. The number of carbonyl (C=O) groups excluding carboxylic acids is 1. The van der Waals surface area contributed by atoms with E-state index in [4.69, 9.17) is 4.74 Å². The highest BCUT2D eigenvalue weighted by atomic mass is 16.5. The minimum absolute atomic E-state index is 0.00152. The van der Waals surface area contributed by atoms with Crippen LogP contribution >= 0.6 is 0 Å². The molecule has 0 aromatic carbocycles. The van der Waals surface area contributed by atoms with E-state index in [1.807, 2.05) is 20.8 Å². The molecule has 0 heterocycles. The van der Waals surface area contributed by atoms with Crippen molar-refractivity contribution >= 4 is 5.97 Å². The van der Waals surface area contributed by atoms with Gasteiger partial charge in [-0.25, -0.2) is 0 Å². The molecule has 0 fully saturated rings. The molecule has 2 nitrogen and oxygen atoms in total. The second kappa shape index (κ2) is 5.94. The van der Waals surface area contributed by atoms with E-state index in [0.717, 1.165) is 12.0 Å². The van der Waals surface area contributed by atoms with E-state index >= 15 is 0 Å². The fourth-order valence-electron chi connectivity index (χ4n) is 1.54. The first kappa shape index (κ1) is 14.2. The summed E-state index contributed by atoms with van der Waals surface area (Å²) >= 11 is 0.